The van der Waals surface area contributed by atoms with E-state index in [2.05, 4.69) is 26.2 Å². The van der Waals surface area contributed by atoms with Crippen molar-refractivity contribution < 1.29 is 4.92 Å². The standard InChI is InChI=1S/C12H14BrN5O2/c1-2-10(14)11-7-17(16-15-11)6-8-3-4-9(13)5-12(8)18(19)20/h3-5,7,10H,2,6,14H2,1H3. The predicted molar refractivity (Wildman–Crippen MR) is 77.1 cm³/mol. The molecule has 1 aromatic carbocycles. The van der Waals surface area contributed by atoms with E-state index in [1.807, 2.05) is 6.92 Å². The quantitative estimate of drug-likeness (QED) is 0.665. The maximum atomic E-state index is 11.0. The molecule has 8 heteroatoms. The molecule has 0 spiro atoms. The normalized spacial score (nSPS) is 12.3. The summed E-state index contributed by atoms with van der Waals surface area (Å²) in [4.78, 5) is 10.6. The Balaban J connectivity index is 2.26. The van der Waals surface area contributed by atoms with Crippen molar-refractivity contribution in [2.45, 2.75) is 25.9 Å². The summed E-state index contributed by atoms with van der Waals surface area (Å²) in [6.07, 6.45) is 2.48. The zero-order chi connectivity index (χ0) is 14.7. The Morgan fingerprint density at radius 3 is 2.95 bits per heavy atom. The summed E-state index contributed by atoms with van der Waals surface area (Å²) in [6.45, 7) is 2.25. The fourth-order valence-electron chi connectivity index (χ4n) is 1.78. The Kier molecular flexibility index (Phi) is 4.46. The Hall–Kier alpha value is -1.80. The maximum Gasteiger partial charge on any atom is 0.275 e. The maximum absolute atomic E-state index is 11.0. The van der Waals surface area contributed by atoms with E-state index < -0.39 is 4.92 Å². The van der Waals surface area contributed by atoms with E-state index in [0.717, 1.165) is 6.42 Å². The van der Waals surface area contributed by atoms with Gasteiger partial charge in [0, 0.05) is 10.5 Å². The topological polar surface area (TPSA) is 99.9 Å². The average Bonchev–Trinajstić information content (AvgIpc) is 2.88. The molecule has 7 nitrogen and oxygen atoms in total. The molecule has 0 bridgehead atoms. The lowest BCUT2D eigenvalue weighted by Crippen LogP contribution is -2.09. The molecule has 0 radical (unpaired) electrons. The number of hydrogen-bond acceptors (Lipinski definition) is 5. The fourth-order valence-corrected chi connectivity index (χ4v) is 2.13. The van der Waals surface area contributed by atoms with Crippen LogP contribution in [0.25, 0.3) is 0 Å². The zero-order valence-corrected chi connectivity index (χ0v) is 12.4. The summed E-state index contributed by atoms with van der Waals surface area (Å²) in [7, 11) is 0. The summed E-state index contributed by atoms with van der Waals surface area (Å²) >= 11 is 3.23. The molecule has 0 aliphatic rings. The van der Waals surface area contributed by atoms with Crippen LogP contribution in [0.15, 0.2) is 28.9 Å². The molecule has 106 valence electrons. The van der Waals surface area contributed by atoms with Crippen LogP contribution < -0.4 is 5.73 Å². The SMILES string of the molecule is CCC(N)c1cn(Cc2ccc(Br)cc2[N+](=O)[O-])nn1. The minimum absolute atomic E-state index is 0.0521. The minimum atomic E-state index is -0.407. The minimum Gasteiger partial charge on any atom is -0.323 e. The summed E-state index contributed by atoms with van der Waals surface area (Å²) in [5.74, 6) is 0. The van der Waals surface area contributed by atoms with Gasteiger partial charge in [0.1, 0.15) is 0 Å². The summed E-state index contributed by atoms with van der Waals surface area (Å²) in [5, 5.41) is 19.0. The molecule has 2 aromatic rings. The first-order chi connectivity index (χ1) is 9.51. The molecule has 0 amide bonds. The number of halogens is 1. The third kappa shape index (κ3) is 3.20. The van der Waals surface area contributed by atoms with Crippen LogP contribution in [-0.4, -0.2) is 19.9 Å². The number of aromatic nitrogens is 3. The van der Waals surface area contributed by atoms with Crippen molar-refractivity contribution in [3.8, 4) is 0 Å². The Labute approximate surface area is 124 Å². The third-order valence-corrected chi connectivity index (χ3v) is 3.45. The molecule has 0 fully saturated rings. The molecular weight excluding hydrogens is 326 g/mol. The average molecular weight is 340 g/mol. The number of nitrogens with two attached hydrogens (primary N) is 1. The lowest BCUT2D eigenvalue weighted by atomic mass is 10.2. The van der Waals surface area contributed by atoms with Crippen LogP contribution in [0.2, 0.25) is 0 Å². The van der Waals surface area contributed by atoms with E-state index in [0.29, 0.717) is 15.7 Å². The fraction of sp³-hybridized carbons (Fsp3) is 0.333. The first kappa shape index (κ1) is 14.6. The van der Waals surface area contributed by atoms with Crippen LogP contribution in [0.4, 0.5) is 5.69 Å². The van der Waals surface area contributed by atoms with Crippen LogP contribution in [0.5, 0.6) is 0 Å². The highest BCUT2D eigenvalue weighted by Gasteiger charge is 2.16. The van der Waals surface area contributed by atoms with Gasteiger partial charge in [0.25, 0.3) is 5.69 Å². The largest absolute Gasteiger partial charge is 0.323 e. The number of hydrogen-bond donors (Lipinski definition) is 1. The van der Waals surface area contributed by atoms with Crippen LogP contribution in [0.3, 0.4) is 0 Å². The van der Waals surface area contributed by atoms with Gasteiger partial charge in [-0.25, -0.2) is 4.68 Å². The third-order valence-electron chi connectivity index (χ3n) is 2.95. The second-order valence-corrected chi connectivity index (χ2v) is 5.30. The lowest BCUT2D eigenvalue weighted by molar-refractivity contribution is -0.385. The van der Waals surface area contributed by atoms with Gasteiger partial charge in [0.2, 0.25) is 0 Å². The van der Waals surface area contributed by atoms with Gasteiger partial charge >= 0.3 is 0 Å². The van der Waals surface area contributed by atoms with Crippen LogP contribution in [0, 0.1) is 10.1 Å². The zero-order valence-electron chi connectivity index (χ0n) is 10.9. The molecule has 0 aliphatic heterocycles. The van der Waals surface area contributed by atoms with Gasteiger partial charge in [-0.1, -0.05) is 28.1 Å². The molecule has 2 N–H and O–H groups in total. The van der Waals surface area contributed by atoms with E-state index in [1.165, 1.54) is 6.07 Å². The first-order valence-corrected chi connectivity index (χ1v) is 6.89. The number of nitro benzene ring substituents is 1. The highest BCUT2D eigenvalue weighted by atomic mass is 79.9. The molecule has 1 heterocycles. The van der Waals surface area contributed by atoms with E-state index in [9.17, 15) is 10.1 Å². The van der Waals surface area contributed by atoms with Crippen molar-refractivity contribution in [2.75, 3.05) is 0 Å². The smallest absolute Gasteiger partial charge is 0.275 e. The van der Waals surface area contributed by atoms with Crippen LogP contribution >= 0.6 is 15.9 Å². The van der Waals surface area contributed by atoms with Crippen molar-refractivity contribution in [1.82, 2.24) is 15.0 Å². The molecule has 1 atom stereocenters. The number of benzene rings is 1. The summed E-state index contributed by atoms with van der Waals surface area (Å²) in [6, 6.07) is 4.77. The molecule has 0 saturated carbocycles. The second-order valence-electron chi connectivity index (χ2n) is 4.39. The van der Waals surface area contributed by atoms with Crippen molar-refractivity contribution in [2.24, 2.45) is 5.73 Å². The van der Waals surface area contributed by atoms with Crippen LogP contribution in [-0.2, 0) is 6.54 Å². The van der Waals surface area contributed by atoms with Crippen molar-refractivity contribution >= 4 is 21.6 Å². The number of rotatable bonds is 5. The Bertz CT molecular complexity index is 628. The van der Waals surface area contributed by atoms with Gasteiger partial charge in [0.15, 0.2) is 0 Å². The first-order valence-electron chi connectivity index (χ1n) is 6.09. The second kappa shape index (κ2) is 6.10. The van der Waals surface area contributed by atoms with Crippen molar-refractivity contribution in [3.05, 3.63) is 50.2 Å². The van der Waals surface area contributed by atoms with Gasteiger partial charge < -0.3 is 5.73 Å². The molecule has 2 rings (SSSR count). The summed E-state index contributed by atoms with van der Waals surface area (Å²) in [5.41, 5.74) is 7.18. The molecule has 0 saturated heterocycles. The van der Waals surface area contributed by atoms with E-state index >= 15 is 0 Å². The van der Waals surface area contributed by atoms with E-state index in [-0.39, 0.29) is 18.3 Å². The van der Waals surface area contributed by atoms with Gasteiger partial charge in [-0.05, 0) is 18.6 Å². The monoisotopic (exact) mass is 339 g/mol. The molecule has 20 heavy (non-hydrogen) atoms. The highest BCUT2D eigenvalue weighted by molar-refractivity contribution is 9.10. The van der Waals surface area contributed by atoms with Gasteiger partial charge in [0.05, 0.1) is 35.0 Å². The molecule has 1 unspecified atom stereocenters. The van der Waals surface area contributed by atoms with E-state index in [4.69, 9.17) is 5.73 Å². The van der Waals surface area contributed by atoms with E-state index in [1.54, 1.807) is 23.0 Å². The lowest BCUT2D eigenvalue weighted by Gasteiger charge is -2.04. The molecule has 0 aliphatic carbocycles. The number of nitrogens with zero attached hydrogens (tertiary/aromatic N) is 4. The van der Waals surface area contributed by atoms with Crippen LogP contribution in [0.1, 0.15) is 30.6 Å². The van der Waals surface area contributed by atoms with Crippen molar-refractivity contribution in [1.29, 1.82) is 0 Å². The predicted octanol–water partition coefficient (Wildman–Crippen LogP) is 2.41. The summed E-state index contributed by atoms with van der Waals surface area (Å²) < 4.78 is 2.22. The Morgan fingerprint density at radius 1 is 1.55 bits per heavy atom. The number of nitro groups is 1. The van der Waals surface area contributed by atoms with Gasteiger partial charge in [-0.3, -0.25) is 10.1 Å². The highest BCUT2D eigenvalue weighted by Crippen LogP contribution is 2.24. The Morgan fingerprint density at radius 2 is 2.30 bits per heavy atom. The van der Waals surface area contributed by atoms with Gasteiger partial charge in [-0.15, -0.1) is 5.10 Å². The molecule has 1 aromatic heterocycles. The van der Waals surface area contributed by atoms with Gasteiger partial charge in [-0.2, -0.15) is 0 Å². The van der Waals surface area contributed by atoms with Crippen molar-refractivity contribution in [3.63, 3.8) is 0 Å². The molecular formula is C12H14BrN5O2.